The Balaban J connectivity index is 1.94. The number of hydrogen-bond donors (Lipinski definition) is 2. The molecule has 2 rings (SSSR count). The Bertz CT molecular complexity index is 591. The molecule has 5 nitrogen and oxygen atoms in total. The molecule has 21 heavy (non-hydrogen) atoms. The zero-order chi connectivity index (χ0) is 15.1. The van der Waals surface area contributed by atoms with Crippen molar-refractivity contribution < 1.29 is 19.1 Å². The van der Waals surface area contributed by atoms with Crippen LogP contribution in [-0.2, 0) is 11.3 Å². The van der Waals surface area contributed by atoms with Crippen molar-refractivity contribution in [2.45, 2.75) is 26.3 Å². The summed E-state index contributed by atoms with van der Waals surface area (Å²) in [7, 11) is 0. The van der Waals surface area contributed by atoms with Gasteiger partial charge in [-0.05, 0) is 25.5 Å². The standard InChI is InChI=1S/C16H21NO4/c1-2-9-20-10-5-8-17-11-13-12-6-3-4-7-14(12)21-15(13)16(18)19/h3-4,6-7,17H,2,5,8-11H2,1H3,(H,18,19). The van der Waals surface area contributed by atoms with Crippen LogP contribution in [-0.4, -0.2) is 30.8 Å². The van der Waals surface area contributed by atoms with Gasteiger partial charge in [-0.2, -0.15) is 0 Å². The lowest BCUT2D eigenvalue weighted by molar-refractivity contribution is 0.0663. The van der Waals surface area contributed by atoms with Crippen molar-refractivity contribution in [2.75, 3.05) is 19.8 Å². The van der Waals surface area contributed by atoms with Gasteiger partial charge in [0.05, 0.1) is 0 Å². The van der Waals surface area contributed by atoms with Crippen LogP contribution in [0.15, 0.2) is 28.7 Å². The highest BCUT2D eigenvalue weighted by Gasteiger charge is 2.18. The average Bonchev–Trinajstić information content (AvgIpc) is 2.85. The van der Waals surface area contributed by atoms with Crippen LogP contribution in [0.1, 0.15) is 35.9 Å². The van der Waals surface area contributed by atoms with Crippen molar-refractivity contribution in [3.8, 4) is 0 Å². The molecule has 2 N–H and O–H groups in total. The number of rotatable bonds is 9. The molecule has 0 saturated heterocycles. The molecule has 0 amide bonds. The fraction of sp³-hybridized carbons (Fsp3) is 0.438. The average molecular weight is 291 g/mol. The molecular weight excluding hydrogens is 270 g/mol. The molecule has 5 heteroatoms. The van der Waals surface area contributed by atoms with Gasteiger partial charge in [-0.3, -0.25) is 0 Å². The van der Waals surface area contributed by atoms with Crippen LogP contribution in [0.4, 0.5) is 0 Å². The van der Waals surface area contributed by atoms with E-state index < -0.39 is 5.97 Å². The maximum atomic E-state index is 11.3. The highest BCUT2D eigenvalue weighted by Crippen LogP contribution is 2.25. The Kier molecular flexibility index (Phi) is 5.78. The van der Waals surface area contributed by atoms with E-state index in [0.29, 0.717) is 17.7 Å². The number of carboxylic acids is 1. The second-order valence-electron chi connectivity index (χ2n) is 4.85. The van der Waals surface area contributed by atoms with Gasteiger partial charge in [-0.1, -0.05) is 25.1 Å². The lowest BCUT2D eigenvalue weighted by Crippen LogP contribution is -2.17. The van der Waals surface area contributed by atoms with Gasteiger partial charge < -0.3 is 19.6 Å². The van der Waals surface area contributed by atoms with Crippen LogP contribution in [0.25, 0.3) is 11.0 Å². The summed E-state index contributed by atoms with van der Waals surface area (Å²) in [6.45, 7) is 4.85. The molecule has 0 saturated carbocycles. The van der Waals surface area contributed by atoms with Crippen molar-refractivity contribution in [3.05, 3.63) is 35.6 Å². The van der Waals surface area contributed by atoms with Gasteiger partial charge >= 0.3 is 5.97 Å². The zero-order valence-electron chi connectivity index (χ0n) is 12.2. The summed E-state index contributed by atoms with van der Waals surface area (Å²) in [5.74, 6) is -1.01. The molecule has 114 valence electrons. The lowest BCUT2D eigenvalue weighted by atomic mass is 10.1. The van der Waals surface area contributed by atoms with E-state index in [1.165, 1.54) is 0 Å². The van der Waals surface area contributed by atoms with Gasteiger partial charge in [0, 0.05) is 30.7 Å². The largest absolute Gasteiger partial charge is 0.475 e. The number of benzene rings is 1. The van der Waals surface area contributed by atoms with Gasteiger partial charge in [0.2, 0.25) is 5.76 Å². The third-order valence-corrected chi connectivity index (χ3v) is 3.18. The van der Waals surface area contributed by atoms with Crippen molar-refractivity contribution in [1.82, 2.24) is 5.32 Å². The number of hydrogen-bond acceptors (Lipinski definition) is 4. The Morgan fingerprint density at radius 1 is 1.33 bits per heavy atom. The second-order valence-corrected chi connectivity index (χ2v) is 4.85. The first kappa shape index (κ1) is 15.5. The molecule has 0 aliphatic carbocycles. The van der Waals surface area contributed by atoms with Crippen molar-refractivity contribution in [2.24, 2.45) is 0 Å². The summed E-state index contributed by atoms with van der Waals surface area (Å²) in [5, 5.41) is 13.3. The van der Waals surface area contributed by atoms with E-state index in [0.717, 1.165) is 38.0 Å². The van der Waals surface area contributed by atoms with Crippen molar-refractivity contribution >= 4 is 16.9 Å². The fourth-order valence-electron chi connectivity index (χ4n) is 2.21. The van der Waals surface area contributed by atoms with E-state index in [2.05, 4.69) is 12.2 Å². The Morgan fingerprint density at radius 3 is 2.90 bits per heavy atom. The molecule has 1 aromatic heterocycles. The van der Waals surface area contributed by atoms with E-state index in [4.69, 9.17) is 9.15 Å². The van der Waals surface area contributed by atoms with Crippen LogP contribution >= 0.6 is 0 Å². The third kappa shape index (κ3) is 4.06. The Labute approximate surface area is 123 Å². The first-order valence-electron chi connectivity index (χ1n) is 7.26. The summed E-state index contributed by atoms with van der Waals surface area (Å²) in [6.07, 6.45) is 1.93. The number of para-hydroxylation sites is 1. The molecular formula is C16H21NO4. The Hall–Kier alpha value is -1.85. The topological polar surface area (TPSA) is 71.7 Å². The van der Waals surface area contributed by atoms with E-state index in [1.807, 2.05) is 18.2 Å². The number of nitrogens with one attached hydrogen (secondary N) is 1. The number of carboxylic acid groups (broad SMARTS) is 1. The van der Waals surface area contributed by atoms with Gasteiger partial charge in [-0.25, -0.2) is 4.79 Å². The summed E-state index contributed by atoms with van der Waals surface area (Å²) < 4.78 is 10.8. The normalized spacial score (nSPS) is 11.1. The highest BCUT2D eigenvalue weighted by molar-refractivity contribution is 5.95. The minimum absolute atomic E-state index is 0.0194. The quantitative estimate of drug-likeness (QED) is 0.695. The van der Waals surface area contributed by atoms with Crippen LogP contribution in [0.3, 0.4) is 0 Å². The van der Waals surface area contributed by atoms with Crippen LogP contribution in [0.2, 0.25) is 0 Å². The minimum Gasteiger partial charge on any atom is -0.475 e. The summed E-state index contributed by atoms with van der Waals surface area (Å²) in [6, 6.07) is 7.38. The monoisotopic (exact) mass is 291 g/mol. The van der Waals surface area contributed by atoms with E-state index in [-0.39, 0.29) is 5.76 Å². The van der Waals surface area contributed by atoms with Gasteiger partial charge in [0.1, 0.15) is 5.58 Å². The molecule has 1 heterocycles. The summed E-state index contributed by atoms with van der Waals surface area (Å²) in [5.41, 5.74) is 1.31. The fourth-order valence-corrected chi connectivity index (χ4v) is 2.21. The SMILES string of the molecule is CCCOCCCNCc1c(C(=O)O)oc2ccccc12. The van der Waals surface area contributed by atoms with Crippen LogP contribution in [0, 0.1) is 0 Å². The summed E-state index contributed by atoms with van der Waals surface area (Å²) in [4.78, 5) is 11.3. The minimum atomic E-state index is -1.03. The first-order valence-corrected chi connectivity index (χ1v) is 7.26. The van der Waals surface area contributed by atoms with Gasteiger partial charge in [-0.15, -0.1) is 0 Å². The highest BCUT2D eigenvalue weighted by atomic mass is 16.5. The molecule has 0 aliphatic heterocycles. The maximum Gasteiger partial charge on any atom is 0.372 e. The number of aromatic carboxylic acids is 1. The van der Waals surface area contributed by atoms with E-state index >= 15 is 0 Å². The van der Waals surface area contributed by atoms with E-state index in [9.17, 15) is 9.90 Å². The molecule has 0 aliphatic rings. The lowest BCUT2D eigenvalue weighted by Gasteiger charge is -2.05. The first-order chi connectivity index (χ1) is 10.2. The zero-order valence-corrected chi connectivity index (χ0v) is 12.2. The van der Waals surface area contributed by atoms with Crippen LogP contribution < -0.4 is 5.32 Å². The molecule has 0 atom stereocenters. The second kappa shape index (κ2) is 7.81. The van der Waals surface area contributed by atoms with Crippen molar-refractivity contribution in [3.63, 3.8) is 0 Å². The summed E-state index contributed by atoms with van der Waals surface area (Å²) >= 11 is 0. The van der Waals surface area contributed by atoms with Gasteiger partial charge in [0.15, 0.2) is 0 Å². The maximum absolute atomic E-state index is 11.3. The molecule has 0 radical (unpaired) electrons. The van der Waals surface area contributed by atoms with Crippen LogP contribution in [0.5, 0.6) is 0 Å². The molecule has 0 unspecified atom stereocenters. The predicted molar refractivity (Wildman–Crippen MR) is 80.6 cm³/mol. The molecule has 0 bridgehead atoms. The Morgan fingerprint density at radius 2 is 2.14 bits per heavy atom. The number of furan rings is 1. The van der Waals surface area contributed by atoms with Gasteiger partial charge in [0.25, 0.3) is 0 Å². The smallest absolute Gasteiger partial charge is 0.372 e. The van der Waals surface area contributed by atoms with Crippen molar-refractivity contribution in [1.29, 1.82) is 0 Å². The third-order valence-electron chi connectivity index (χ3n) is 3.18. The molecule has 0 fully saturated rings. The number of carbonyl (C=O) groups is 1. The number of ether oxygens (including phenoxy) is 1. The molecule has 1 aromatic carbocycles. The predicted octanol–water partition coefficient (Wildman–Crippen LogP) is 3.04. The molecule has 2 aromatic rings. The number of fused-ring (bicyclic) bond motifs is 1. The molecule has 0 spiro atoms. The van der Waals surface area contributed by atoms with E-state index in [1.54, 1.807) is 6.07 Å².